The van der Waals surface area contributed by atoms with Gasteiger partial charge in [0.25, 0.3) is 0 Å². The molecule has 0 aliphatic heterocycles. The highest BCUT2D eigenvalue weighted by molar-refractivity contribution is 7.29. The molecule has 1 N–H and O–H groups in total. The largest absolute Gasteiger partial charge is 0.426 e. The number of ketones is 2. The zero-order chi connectivity index (χ0) is 44.7. The van der Waals surface area contributed by atoms with Crippen LogP contribution in [0.15, 0.2) is 36.5 Å². The first kappa shape index (κ1) is 58.9. The van der Waals surface area contributed by atoms with E-state index in [2.05, 4.69) is 57.2 Å². The Labute approximate surface area is 378 Å². The lowest BCUT2D eigenvalue weighted by molar-refractivity contribution is -0.141. The van der Waals surface area contributed by atoms with Crippen LogP contribution in [0, 0.1) is 11.8 Å². The molecule has 0 saturated heterocycles. The second-order valence-electron chi connectivity index (χ2n) is 18.1. The van der Waals surface area contributed by atoms with Crippen LogP contribution in [0.25, 0.3) is 0 Å². The van der Waals surface area contributed by atoms with Crippen LogP contribution in [0.3, 0.4) is 0 Å². The van der Waals surface area contributed by atoms with Gasteiger partial charge in [-0.3, -0.25) is 14.4 Å². The molecular formula is C54H98NO5P. The van der Waals surface area contributed by atoms with E-state index in [0.29, 0.717) is 19.3 Å². The molecule has 0 spiro atoms. The van der Waals surface area contributed by atoms with Gasteiger partial charge < -0.3 is 0 Å². The maximum Gasteiger partial charge on any atom is 0.426 e. The van der Waals surface area contributed by atoms with E-state index >= 15 is 0 Å². The van der Waals surface area contributed by atoms with Gasteiger partial charge in [-0.1, -0.05) is 205 Å². The molecule has 0 rings (SSSR count). The zero-order valence-electron chi connectivity index (χ0n) is 40.4. The molecule has 0 saturated carbocycles. The van der Waals surface area contributed by atoms with Crippen molar-refractivity contribution in [1.82, 2.24) is 5.09 Å². The molecule has 0 aromatic carbocycles. The molecule has 354 valence electrons. The quantitative estimate of drug-likeness (QED) is 0.0284. The van der Waals surface area contributed by atoms with Crippen LogP contribution in [-0.2, 0) is 23.5 Å². The maximum atomic E-state index is 13.9. The van der Waals surface area contributed by atoms with Crippen molar-refractivity contribution in [3.05, 3.63) is 36.5 Å². The van der Waals surface area contributed by atoms with Gasteiger partial charge in [-0.2, -0.15) is 0 Å². The van der Waals surface area contributed by atoms with Gasteiger partial charge in [0.1, 0.15) is 17.5 Å². The van der Waals surface area contributed by atoms with E-state index in [1.807, 2.05) is 5.09 Å². The first-order valence-corrected chi connectivity index (χ1v) is 27.5. The zero-order valence-corrected chi connectivity index (χ0v) is 41.3. The average molecular weight is 872 g/mol. The molecule has 6 nitrogen and oxygen atoms in total. The molecule has 7 heteroatoms. The predicted molar refractivity (Wildman–Crippen MR) is 263 cm³/mol. The Morgan fingerprint density at radius 3 is 0.984 bits per heavy atom. The van der Waals surface area contributed by atoms with Crippen molar-refractivity contribution in [1.29, 1.82) is 0 Å². The van der Waals surface area contributed by atoms with E-state index in [4.69, 9.17) is 0 Å². The summed E-state index contributed by atoms with van der Waals surface area (Å²) < 4.78 is 23.3. The summed E-state index contributed by atoms with van der Waals surface area (Å²) in [5, 5.41) is 2.00. The Morgan fingerprint density at radius 2 is 0.656 bits per heavy atom. The molecule has 2 unspecified atom stereocenters. The summed E-state index contributed by atoms with van der Waals surface area (Å²) in [5.74, 6) is -3.18. The van der Waals surface area contributed by atoms with E-state index in [0.717, 1.165) is 103 Å². The molecule has 1 amide bonds. The molecule has 0 aliphatic rings. The lowest BCUT2D eigenvalue weighted by atomic mass is 9.78. The molecule has 0 heterocycles. The van der Waals surface area contributed by atoms with Gasteiger partial charge in [-0.15, -0.1) is 0 Å². The van der Waals surface area contributed by atoms with Crippen LogP contribution >= 0.6 is 7.83 Å². The van der Waals surface area contributed by atoms with Gasteiger partial charge >= 0.3 is 7.83 Å². The molecule has 2 atom stereocenters. The number of amides is 1. The normalized spacial score (nSPS) is 12.8. The van der Waals surface area contributed by atoms with E-state index in [-0.39, 0.29) is 18.0 Å². The Balaban J connectivity index is 5.03. The van der Waals surface area contributed by atoms with Gasteiger partial charge in [0.05, 0.1) is 0 Å². The fourth-order valence-corrected chi connectivity index (χ4v) is 8.71. The van der Waals surface area contributed by atoms with Gasteiger partial charge in [0.15, 0.2) is 0 Å². The minimum absolute atomic E-state index is 0.0596. The number of unbranched alkanes of at least 4 members (excludes halogenated alkanes) is 31. The van der Waals surface area contributed by atoms with Crippen molar-refractivity contribution in [2.24, 2.45) is 11.8 Å². The fraction of sp³-hybridized carbons (Fsp3) is 0.833. The number of carbonyl (C=O) groups is 3. The summed E-state index contributed by atoms with van der Waals surface area (Å²) in [4.78, 5) is 41.0. The van der Waals surface area contributed by atoms with E-state index in [1.54, 1.807) is 0 Å². The van der Waals surface area contributed by atoms with Crippen molar-refractivity contribution in [3.63, 3.8) is 0 Å². The molecule has 0 aliphatic carbocycles. The van der Waals surface area contributed by atoms with E-state index in [9.17, 15) is 23.5 Å². The molecule has 0 bridgehead atoms. The first-order chi connectivity index (χ1) is 29.9. The van der Waals surface area contributed by atoms with Gasteiger partial charge in [-0.25, -0.2) is 14.2 Å². The number of nitrogens with one attached hydrogen (secondary N) is 1. The number of carbonyl (C=O) groups excluding carboxylic acids is 3. The average Bonchev–Trinajstić information content (AvgIpc) is 3.24. The highest BCUT2D eigenvalue weighted by Crippen LogP contribution is 2.28. The Kier molecular flexibility index (Phi) is 45.8. The van der Waals surface area contributed by atoms with Crippen LogP contribution in [0.2, 0.25) is 0 Å². The SMILES string of the molecule is CCCCCCCC/C=C\CCCCCCCC(=O)C(CCCCC/C=C\CCCCCCCC)C(C(=O)CCCCCCC/C=C\CCCCCCCC)C(=O)NP(=O)=O. The van der Waals surface area contributed by atoms with Gasteiger partial charge in [0.2, 0.25) is 5.91 Å². The number of hydrogen-bond acceptors (Lipinski definition) is 5. The van der Waals surface area contributed by atoms with Crippen LogP contribution < -0.4 is 5.09 Å². The van der Waals surface area contributed by atoms with E-state index < -0.39 is 25.6 Å². The molecule has 0 radical (unpaired) electrons. The van der Waals surface area contributed by atoms with Crippen LogP contribution in [0.1, 0.15) is 278 Å². The van der Waals surface area contributed by atoms with Crippen LogP contribution in [0.4, 0.5) is 0 Å². The molecule has 0 aromatic heterocycles. The van der Waals surface area contributed by atoms with Crippen molar-refractivity contribution in [3.8, 4) is 0 Å². The third-order valence-electron chi connectivity index (χ3n) is 12.3. The maximum absolute atomic E-state index is 13.9. The molecular weight excluding hydrogens is 774 g/mol. The first-order valence-electron chi connectivity index (χ1n) is 26.3. The summed E-state index contributed by atoms with van der Waals surface area (Å²) in [5.41, 5.74) is 0. The topological polar surface area (TPSA) is 97.4 Å². The standard InChI is InChI=1S/C54H98NO5P/c1-4-7-10-13-16-19-22-25-27-30-33-36-39-42-45-48-51(56)50(47-44-41-38-35-32-29-24-21-18-15-12-9-6-3)53(54(58)55-61(59)60)52(57)49-46-43-40-37-34-31-28-26-23-20-17-14-11-8-5-2/h25-29,32,50,53H,4-24,30-31,33-49H2,1-3H3,(H,55,58,59,60)/b27-25-,28-26-,32-29-. The second kappa shape index (κ2) is 47.4. The van der Waals surface area contributed by atoms with E-state index in [1.165, 1.54) is 128 Å². The molecule has 0 aromatic rings. The Hall–Kier alpha value is -2.07. The smallest absolute Gasteiger partial charge is 0.299 e. The number of rotatable bonds is 48. The van der Waals surface area contributed by atoms with Crippen LogP contribution in [0.5, 0.6) is 0 Å². The Bertz CT molecular complexity index is 1170. The summed E-state index contributed by atoms with van der Waals surface area (Å²) in [6, 6.07) is 0. The third kappa shape index (κ3) is 40.5. The summed E-state index contributed by atoms with van der Waals surface area (Å²) >= 11 is 0. The Morgan fingerprint density at radius 1 is 0.377 bits per heavy atom. The van der Waals surface area contributed by atoms with Crippen molar-refractivity contribution in [2.45, 2.75) is 278 Å². The lowest BCUT2D eigenvalue weighted by Crippen LogP contribution is -2.40. The predicted octanol–water partition coefficient (Wildman–Crippen LogP) is 17.9. The summed E-state index contributed by atoms with van der Waals surface area (Å²) in [7, 11) is -3.22. The summed E-state index contributed by atoms with van der Waals surface area (Å²) in [6.45, 7) is 6.75. The number of hydrogen-bond donors (Lipinski definition) is 1. The molecule has 0 fully saturated rings. The van der Waals surface area contributed by atoms with Gasteiger partial charge in [0, 0.05) is 18.8 Å². The van der Waals surface area contributed by atoms with Crippen molar-refractivity contribution < 1.29 is 23.5 Å². The van der Waals surface area contributed by atoms with Gasteiger partial charge in [-0.05, 0) is 96.3 Å². The highest BCUT2D eigenvalue weighted by atomic mass is 31.1. The minimum atomic E-state index is -3.22. The highest BCUT2D eigenvalue weighted by Gasteiger charge is 2.38. The number of allylic oxidation sites excluding steroid dienone is 6. The fourth-order valence-electron chi connectivity index (χ4n) is 8.39. The second-order valence-corrected chi connectivity index (χ2v) is 18.8. The summed E-state index contributed by atoms with van der Waals surface area (Å²) in [6.07, 6.45) is 57.6. The third-order valence-corrected chi connectivity index (χ3v) is 12.7. The number of Topliss-reactive ketones (excluding diaryl/α,β-unsaturated/α-hetero) is 2. The minimum Gasteiger partial charge on any atom is -0.299 e. The lowest BCUT2D eigenvalue weighted by Gasteiger charge is -2.24. The monoisotopic (exact) mass is 872 g/mol. The van der Waals surface area contributed by atoms with Crippen LogP contribution in [-0.4, -0.2) is 17.5 Å². The van der Waals surface area contributed by atoms with Crippen molar-refractivity contribution in [2.75, 3.05) is 0 Å². The van der Waals surface area contributed by atoms with Crippen molar-refractivity contribution >= 4 is 25.3 Å². The molecule has 61 heavy (non-hydrogen) atoms.